The summed E-state index contributed by atoms with van der Waals surface area (Å²) in [6, 6.07) is 66.9. The maximum absolute atomic E-state index is 6.38. The van der Waals surface area contributed by atoms with Crippen LogP contribution in [0.25, 0.3) is 66.1 Å². The molecule has 0 N–H and O–H groups in total. The van der Waals surface area contributed by atoms with Crippen LogP contribution in [-0.2, 0) is 0 Å². The molecule has 0 atom stereocenters. The number of anilines is 3. The van der Waals surface area contributed by atoms with E-state index in [0.717, 1.165) is 50.0 Å². The van der Waals surface area contributed by atoms with Gasteiger partial charge in [0.2, 0.25) is 0 Å². The molecule has 0 spiro atoms. The number of para-hydroxylation sites is 2. The highest BCUT2D eigenvalue weighted by Gasteiger charge is 2.19. The zero-order valence-electron chi connectivity index (χ0n) is 26.3. The molecule has 48 heavy (non-hydrogen) atoms. The first-order valence-corrected chi connectivity index (χ1v) is 16.4. The highest BCUT2D eigenvalue weighted by Crippen LogP contribution is 2.44. The first kappa shape index (κ1) is 27.9. The van der Waals surface area contributed by atoms with E-state index in [1.165, 1.54) is 33.2 Å². The van der Waals surface area contributed by atoms with E-state index in [1.807, 2.05) is 12.1 Å². The summed E-state index contributed by atoms with van der Waals surface area (Å²) in [4.78, 5) is 2.37. The van der Waals surface area contributed by atoms with Crippen molar-refractivity contribution in [2.45, 2.75) is 0 Å². The molecular weight excluding hydrogens is 583 g/mol. The molecule has 0 fully saturated rings. The summed E-state index contributed by atoms with van der Waals surface area (Å²) in [6.45, 7) is 0. The number of nitrogens with zero attached hydrogens (tertiary/aromatic N) is 1. The summed E-state index contributed by atoms with van der Waals surface area (Å²) in [5, 5.41) is 4.58. The Bertz CT molecular complexity index is 2530. The average molecular weight is 614 g/mol. The van der Waals surface area contributed by atoms with E-state index < -0.39 is 0 Å². The summed E-state index contributed by atoms with van der Waals surface area (Å²) in [7, 11) is 0. The predicted molar refractivity (Wildman–Crippen MR) is 202 cm³/mol. The monoisotopic (exact) mass is 613 g/mol. The van der Waals surface area contributed by atoms with E-state index in [4.69, 9.17) is 4.42 Å². The molecule has 0 saturated heterocycles. The third kappa shape index (κ3) is 4.83. The van der Waals surface area contributed by atoms with E-state index in [2.05, 4.69) is 181 Å². The van der Waals surface area contributed by atoms with Gasteiger partial charge in [0.05, 0.1) is 5.69 Å². The third-order valence-corrected chi connectivity index (χ3v) is 9.26. The van der Waals surface area contributed by atoms with E-state index in [0.29, 0.717) is 0 Å². The maximum atomic E-state index is 6.38. The Balaban J connectivity index is 1.21. The normalized spacial score (nSPS) is 11.3. The standard InChI is InChI=1S/C46H31NO/c1-4-14-32(15-5-1)35-26-29-44(42(30-35)33-16-6-2-7-17-33)47(36-18-8-3-9-19-36)37-27-24-34(25-28-37)41-31-43-39-21-12-13-23-45(39)48-46(43)40-22-11-10-20-38(40)41/h1-31H. The van der Waals surface area contributed by atoms with Crippen molar-refractivity contribution in [3.05, 3.63) is 188 Å². The minimum Gasteiger partial charge on any atom is -0.455 e. The van der Waals surface area contributed by atoms with Crippen LogP contribution in [0.4, 0.5) is 17.1 Å². The van der Waals surface area contributed by atoms with Gasteiger partial charge in [-0.3, -0.25) is 0 Å². The van der Waals surface area contributed by atoms with Crippen LogP contribution in [0.1, 0.15) is 0 Å². The largest absolute Gasteiger partial charge is 0.455 e. The number of hydrogen-bond donors (Lipinski definition) is 0. The summed E-state index contributed by atoms with van der Waals surface area (Å²) in [6.07, 6.45) is 0. The van der Waals surface area contributed by atoms with Crippen molar-refractivity contribution >= 4 is 49.8 Å². The van der Waals surface area contributed by atoms with Gasteiger partial charge in [-0.1, -0.05) is 140 Å². The molecule has 0 aliphatic carbocycles. The smallest absolute Gasteiger partial charge is 0.143 e. The number of benzene rings is 8. The maximum Gasteiger partial charge on any atom is 0.143 e. The molecule has 9 aromatic rings. The van der Waals surface area contributed by atoms with Gasteiger partial charge in [0.15, 0.2) is 0 Å². The van der Waals surface area contributed by atoms with Gasteiger partial charge < -0.3 is 9.32 Å². The Hall–Kier alpha value is -6.38. The second-order valence-corrected chi connectivity index (χ2v) is 12.1. The van der Waals surface area contributed by atoms with Gasteiger partial charge in [-0.25, -0.2) is 0 Å². The molecule has 0 amide bonds. The number of fused-ring (bicyclic) bond motifs is 5. The van der Waals surface area contributed by atoms with E-state index >= 15 is 0 Å². The molecule has 2 heteroatoms. The second kappa shape index (κ2) is 11.8. The van der Waals surface area contributed by atoms with Gasteiger partial charge in [-0.05, 0) is 81.7 Å². The van der Waals surface area contributed by atoms with Crippen molar-refractivity contribution in [3.63, 3.8) is 0 Å². The molecule has 0 aliphatic heterocycles. The molecule has 0 aliphatic rings. The van der Waals surface area contributed by atoms with Crippen LogP contribution < -0.4 is 4.90 Å². The fourth-order valence-electron chi connectivity index (χ4n) is 6.97. The van der Waals surface area contributed by atoms with E-state index in [1.54, 1.807) is 0 Å². The van der Waals surface area contributed by atoms with Crippen molar-refractivity contribution in [1.29, 1.82) is 0 Å². The van der Waals surface area contributed by atoms with Crippen molar-refractivity contribution in [2.75, 3.05) is 4.90 Å². The lowest BCUT2D eigenvalue weighted by Gasteiger charge is -2.28. The summed E-state index contributed by atoms with van der Waals surface area (Å²) in [5.41, 5.74) is 12.3. The Morgan fingerprint density at radius 3 is 1.60 bits per heavy atom. The lowest BCUT2D eigenvalue weighted by molar-refractivity contribution is 0.672. The topological polar surface area (TPSA) is 16.4 Å². The van der Waals surface area contributed by atoms with Crippen molar-refractivity contribution in [3.8, 4) is 33.4 Å². The highest BCUT2D eigenvalue weighted by molar-refractivity contribution is 6.19. The minimum absolute atomic E-state index is 0.913. The van der Waals surface area contributed by atoms with Crippen LogP contribution in [0.5, 0.6) is 0 Å². The number of furan rings is 1. The van der Waals surface area contributed by atoms with Crippen molar-refractivity contribution in [2.24, 2.45) is 0 Å². The number of hydrogen-bond acceptors (Lipinski definition) is 2. The van der Waals surface area contributed by atoms with Gasteiger partial charge in [-0.2, -0.15) is 0 Å². The van der Waals surface area contributed by atoms with Crippen molar-refractivity contribution < 1.29 is 4.42 Å². The Morgan fingerprint density at radius 1 is 0.333 bits per heavy atom. The first-order valence-electron chi connectivity index (χ1n) is 16.4. The molecular formula is C46H31NO. The molecule has 0 saturated carbocycles. The van der Waals surface area contributed by atoms with Crippen LogP contribution >= 0.6 is 0 Å². The molecule has 8 aromatic carbocycles. The molecule has 1 aromatic heterocycles. The fraction of sp³-hybridized carbons (Fsp3) is 0. The Morgan fingerprint density at radius 2 is 0.875 bits per heavy atom. The fourth-order valence-corrected chi connectivity index (χ4v) is 6.97. The van der Waals surface area contributed by atoms with Gasteiger partial charge in [0.25, 0.3) is 0 Å². The highest BCUT2D eigenvalue weighted by atomic mass is 16.3. The zero-order valence-corrected chi connectivity index (χ0v) is 26.3. The molecule has 0 radical (unpaired) electrons. The second-order valence-electron chi connectivity index (χ2n) is 12.1. The number of rotatable bonds is 6. The van der Waals surface area contributed by atoms with Gasteiger partial charge >= 0.3 is 0 Å². The minimum atomic E-state index is 0.913. The van der Waals surface area contributed by atoms with Crippen LogP contribution in [0.2, 0.25) is 0 Å². The van der Waals surface area contributed by atoms with E-state index in [-0.39, 0.29) is 0 Å². The Kier molecular flexibility index (Phi) is 6.84. The third-order valence-electron chi connectivity index (χ3n) is 9.26. The molecule has 9 rings (SSSR count). The van der Waals surface area contributed by atoms with Crippen molar-refractivity contribution in [1.82, 2.24) is 0 Å². The van der Waals surface area contributed by atoms with E-state index in [9.17, 15) is 0 Å². The average Bonchev–Trinajstić information content (AvgIpc) is 3.55. The Labute approximate surface area is 279 Å². The lowest BCUT2D eigenvalue weighted by atomic mass is 9.94. The van der Waals surface area contributed by atoms with Crippen LogP contribution in [0, 0.1) is 0 Å². The SMILES string of the molecule is c1ccc(-c2ccc(N(c3ccccc3)c3ccc(-c4cc5c6ccccc6oc5c5ccccc45)cc3)c(-c3ccccc3)c2)cc1. The zero-order chi connectivity index (χ0) is 31.9. The van der Waals surface area contributed by atoms with Gasteiger partial charge in [-0.15, -0.1) is 0 Å². The molecule has 0 bridgehead atoms. The van der Waals surface area contributed by atoms with Crippen LogP contribution in [-0.4, -0.2) is 0 Å². The van der Waals surface area contributed by atoms with Crippen LogP contribution in [0.3, 0.4) is 0 Å². The van der Waals surface area contributed by atoms with Gasteiger partial charge in [0.1, 0.15) is 11.2 Å². The summed E-state index contributed by atoms with van der Waals surface area (Å²) < 4.78 is 6.38. The quantitative estimate of drug-likeness (QED) is 0.185. The summed E-state index contributed by atoms with van der Waals surface area (Å²) in [5.74, 6) is 0. The predicted octanol–water partition coefficient (Wildman–Crippen LogP) is 13.2. The first-order chi connectivity index (χ1) is 23.8. The lowest BCUT2D eigenvalue weighted by Crippen LogP contribution is -2.11. The van der Waals surface area contributed by atoms with Gasteiger partial charge in [0, 0.05) is 33.1 Å². The molecule has 2 nitrogen and oxygen atoms in total. The summed E-state index contributed by atoms with van der Waals surface area (Å²) >= 11 is 0. The van der Waals surface area contributed by atoms with Crippen LogP contribution in [0.15, 0.2) is 192 Å². The molecule has 1 heterocycles. The molecule has 226 valence electrons. The molecule has 0 unspecified atom stereocenters.